The maximum Gasteiger partial charge on any atom is 0.205 e. The molecule has 96 valence electrons. The maximum atomic E-state index is 5.68. The predicted octanol–water partition coefficient (Wildman–Crippen LogP) is 4.07. The number of nitrogens with zero attached hydrogens (tertiary/aromatic N) is 2. The van der Waals surface area contributed by atoms with Gasteiger partial charge in [-0.3, -0.25) is 0 Å². The Morgan fingerprint density at radius 1 is 1.33 bits per heavy atom. The van der Waals surface area contributed by atoms with Crippen molar-refractivity contribution in [1.29, 1.82) is 0 Å². The van der Waals surface area contributed by atoms with Crippen LogP contribution >= 0.6 is 43.2 Å². The summed E-state index contributed by atoms with van der Waals surface area (Å²) >= 11 is 8.35. The summed E-state index contributed by atoms with van der Waals surface area (Å²) in [6.07, 6.45) is 0. The van der Waals surface area contributed by atoms with E-state index in [9.17, 15) is 0 Å². The lowest BCUT2D eigenvalue weighted by atomic mass is 10.3. The normalized spacial score (nSPS) is 10.4. The van der Waals surface area contributed by atoms with Crippen molar-refractivity contribution >= 4 is 48.3 Å². The molecule has 0 bridgehead atoms. The summed E-state index contributed by atoms with van der Waals surface area (Å²) in [5.41, 5.74) is 0. The average Bonchev–Trinajstić information content (AvgIpc) is 2.76. The van der Waals surface area contributed by atoms with Crippen molar-refractivity contribution in [3.8, 4) is 5.75 Å². The summed E-state index contributed by atoms with van der Waals surface area (Å²) in [5.74, 6) is 0.790. The van der Waals surface area contributed by atoms with Crippen LogP contribution in [0.5, 0.6) is 5.75 Å². The highest BCUT2D eigenvalue weighted by Gasteiger charge is 2.06. The van der Waals surface area contributed by atoms with Gasteiger partial charge in [0.1, 0.15) is 12.4 Å². The number of ether oxygens (including phenoxy) is 1. The van der Waals surface area contributed by atoms with E-state index in [1.165, 1.54) is 11.3 Å². The fourth-order valence-corrected chi connectivity index (χ4v) is 3.15. The molecular formula is C11H11Br2N3OS. The Hall–Kier alpha value is -0.660. The molecule has 0 spiro atoms. The van der Waals surface area contributed by atoms with E-state index < -0.39 is 0 Å². The van der Waals surface area contributed by atoms with Crippen LogP contribution in [-0.2, 0) is 6.61 Å². The summed E-state index contributed by atoms with van der Waals surface area (Å²) in [6, 6.07) is 5.78. The van der Waals surface area contributed by atoms with Gasteiger partial charge in [-0.25, -0.2) is 0 Å². The number of aromatic nitrogens is 2. The predicted molar refractivity (Wildman–Crippen MR) is 80.2 cm³/mol. The van der Waals surface area contributed by atoms with E-state index in [4.69, 9.17) is 4.74 Å². The first-order valence-corrected chi connectivity index (χ1v) is 7.73. The first-order valence-electron chi connectivity index (χ1n) is 5.33. The van der Waals surface area contributed by atoms with Crippen LogP contribution in [0.2, 0.25) is 0 Å². The molecule has 0 amide bonds. The van der Waals surface area contributed by atoms with Crippen molar-refractivity contribution in [2.45, 2.75) is 13.5 Å². The Balaban J connectivity index is 1.97. The van der Waals surface area contributed by atoms with E-state index in [-0.39, 0.29) is 0 Å². The Morgan fingerprint density at radius 3 is 2.89 bits per heavy atom. The van der Waals surface area contributed by atoms with Crippen LogP contribution in [0.4, 0.5) is 5.13 Å². The van der Waals surface area contributed by atoms with Crippen molar-refractivity contribution < 1.29 is 4.74 Å². The van der Waals surface area contributed by atoms with Gasteiger partial charge in [0.2, 0.25) is 5.13 Å². The van der Waals surface area contributed by atoms with Crippen LogP contribution in [0, 0.1) is 0 Å². The third-order valence-corrected chi connectivity index (χ3v) is 4.01. The summed E-state index contributed by atoms with van der Waals surface area (Å²) < 4.78 is 7.60. The first-order chi connectivity index (χ1) is 8.69. The second-order valence-corrected chi connectivity index (χ2v) is 6.23. The van der Waals surface area contributed by atoms with Crippen molar-refractivity contribution in [1.82, 2.24) is 10.2 Å². The van der Waals surface area contributed by atoms with Gasteiger partial charge in [0, 0.05) is 11.0 Å². The molecular weight excluding hydrogens is 382 g/mol. The molecule has 2 aromatic rings. The fourth-order valence-electron chi connectivity index (χ4n) is 1.27. The monoisotopic (exact) mass is 391 g/mol. The van der Waals surface area contributed by atoms with Crippen molar-refractivity contribution in [3.63, 3.8) is 0 Å². The quantitative estimate of drug-likeness (QED) is 0.832. The van der Waals surface area contributed by atoms with Gasteiger partial charge >= 0.3 is 0 Å². The molecule has 2 rings (SSSR count). The van der Waals surface area contributed by atoms with Crippen LogP contribution in [0.25, 0.3) is 0 Å². The number of hydrogen-bond acceptors (Lipinski definition) is 5. The van der Waals surface area contributed by atoms with Gasteiger partial charge in [-0.2, -0.15) is 0 Å². The van der Waals surface area contributed by atoms with Gasteiger partial charge in [-0.05, 0) is 41.1 Å². The molecule has 0 saturated heterocycles. The molecule has 0 aliphatic rings. The summed E-state index contributed by atoms with van der Waals surface area (Å²) in [7, 11) is 0. The van der Waals surface area contributed by atoms with E-state index >= 15 is 0 Å². The third-order valence-electron chi connectivity index (χ3n) is 2.04. The van der Waals surface area contributed by atoms with Crippen LogP contribution < -0.4 is 10.1 Å². The van der Waals surface area contributed by atoms with Gasteiger partial charge in [-0.15, -0.1) is 10.2 Å². The number of rotatable bonds is 5. The van der Waals surface area contributed by atoms with Crippen LogP contribution in [-0.4, -0.2) is 16.7 Å². The van der Waals surface area contributed by atoms with Crippen LogP contribution in [0.15, 0.2) is 27.1 Å². The molecule has 0 radical (unpaired) electrons. The van der Waals surface area contributed by atoms with Gasteiger partial charge < -0.3 is 10.1 Å². The fraction of sp³-hybridized carbons (Fsp3) is 0.273. The largest absolute Gasteiger partial charge is 0.485 e. The molecule has 1 heterocycles. The Labute approximate surface area is 126 Å². The minimum Gasteiger partial charge on any atom is -0.485 e. The van der Waals surface area contributed by atoms with Gasteiger partial charge in [0.25, 0.3) is 0 Å². The molecule has 0 atom stereocenters. The topological polar surface area (TPSA) is 47.0 Å². The second kappa shape index (κ2) is 6.49. The van der Waals surface area contributed by atoms with Gasteiger partial charge in [0.05, 0.1) is 4.47 Å². The average molecular weight is 393 g/mol. The highest BCUT2D eigenvalue weighted by atomic mass is 79.9. The number of anilines is 1. The van der Waals surface area contributed by atoms with Crippen molar-refractivity contribution in [3.05, 3.63) is 32.2 Å². The molecule has 1 N–H and O–H groups in total. The second-order valence-electron chi connectivity index (χ2n) is 3.39. The van der Waals surface area contributed by atoms with Crippen LogP contribution in [0.3, 0.4) is 0 Å². The van der Waals surface area contributed by atoms with Crippen molar-refractivity contribution in [2.75, 3.05) is 11.9 Å². The molecule has 0 saturated carbocycles. The summed E-state index contributed by atoms with van der Waals surface area (Å²) in [6.45, 7) is 3.29. The Bertz CT molecular complexity index is 533. The van der Waals surface area contributed by atoms with E-state index in [0.29, 0.717) is 6.61 Å². The molecule has 0 aliphatic carbocycles. The van der Waals surface area contributed by atoms with Gasteiger partial charge in [-0.1, -0.05) is 27.3 Å². The molecule has 1 aromatic carbocycles. The lowest BCUT2D eigenvalue weighted by molar-refractivity contribution is 0.302. The van der Waals surface area contributed by atoms with E-state index in [1.807, 2.05) is 25.1 Å². The first kappa shape index (κ1) is 13.8. The number of halogens is 2. The van der Waals surface area contributed by atoms with Crippen molar-refractivity contribution in [2.24, 2.45) is 0 Å². The number of benzene rings is 1. The molecule has 7 heteroatoms. The van der Waals surface area contributed by atoms with Crippen LogP contribution in [0.1, 0.15) is 11.9 Å². The third kappa shape index (κ3) is 3.66. The highest BCUT2D eigenvalue weighted by molar-refractivity contribution is 9.11. The molecule has 1 aromatic heterocycles. The lowest BCUT2D eigenvalue weighted by Gasteiger charge is -2.06. The standard InChI is InChI=1S/C11H11Br2N3OS/c1-2-14-11-16-15-10(18-11)6-17-9-4-3-7(12)5-8(9)13/h3-5H,2,6H2,1H3,(H,14,16). The zero-order chi connectivity index (χ0) is 13.0. The van der Waals surface area contributed by atoms with Gasteiger partial charge in [0.15, 0.2) is 5.01 Å². The Morgan fingerprint density at radius 2 is 2.17 bits per heavy atom. The lowest BCUT2D eigenvalue weighted by Crippen LogP contribution is -1.95. The molecule has 0 unspecified atom stereocenters. The molecule has 18 heavy (non-hydrogen) atoms. The zero-order valence-electron chi connectivity index (χ0n) is 9.61. The number of hydrogen-bond donors (Lipinski definition) is 1. The SMILES string of the molecule is CCNc1nnc(COc2ccc(Br)cc2Br)s1. The maximum absolute atomic E-state index is 5.68. The minimum atomic E-state index is 0.420. The van der Waals surface area contributed by atoms with E-state index in [0.717, 1.165) is 31.4 Å². The zero-order valence-corrected chi connectivity index (χ0v) is 13.6. The van der Waals surface area contributed by atoms with E-state index in [2.05, 4.69) is 47.4 Å². The minimum absolute atomic E-state index is 0.420. The molecule has 0 fully saturated rings. The summed E-state index contributed by atoms with van der Waals surface area (Å²) in [5, 5.41) is 12.9. The summed E-state index contributed by atoms with van der Waals surface area (Å²) in [4.78, 5) is 0. The molecule has 4 nitrogen and oxygen atoms in total. The Kier molecular flexibility index (Phi) is 4.96. The highest BCUT2D eigenvalue weighted by Crippen LogP contribution is 2.29. The number of nitrogens with one attached hydrogen (secondary N) is 1. The van der Waals surface area contributed by atoms with E-state index in [1.54, 1.807) is 0 Å². The smallest absolute Gasteiger partial charge is 0.205 e. The molecule has 0 aliphatic heterocycles.